The van der Waals surface area contributed by atoms with Crippen LogP contribution in [0.25, 0.3) is 0 Å². The predicted octanol–water partition coefficient (Wildman–Crippen LogP) is 3.88. The zero-order valence-electron chi connectivity index (χ0n) is 12.3. The van der Waals surface area contributed by atoms with Crippen LogP contribution in [0.4, 0.5) is 0 Å². The Morgan fingerprint density at radius 1 is 1.16 bits per heavy atom. The number of phenols is 1. The fourth-order valence-corrected chi connectivity index (χ4v) is 3.06. The Kier molecular flexibility index (Phi) is 4.87. The summed E-state index contributed by atoms with van der Waals surface area (Å²) in [5.41, 5.74) is 1.79. The topological polar surface area (TPSA) is 32.3 Å². The molecule has 0 aromatic heterocycles. The molecule has 1 aromatic rings. The highest BCUT2D eigenvalue weighted by Crippen LogP contribution is 2.35. The van der Waals surface area contributed by atoms with E-state index in [1.807, 2.05) is 12.1 Å². The van der Waals surface area contributed by atoms with Crippen molar-refractivity contribution in [2.45, 2.75) is 58.4 Å². The van der Waals surface area contributed by atoms with Gasteiger partial charge in [-0.3, -0.25) is 0 Å². The first-order valence-electron chi connectivity index (χ1n) is 7.59. The van der Waals surface area contributed by atoms with Crippen LogP contribution in [0.15, 0.2) is 24.3 Å². The molecule has 19 heavy (non-hydrogen) atoms. The molecule has 1 aliphatic rings. The Labute approximate surface area is 117 Å². The van der Waals surface area contributed by atoms with Gasteiger partial charge in [0, 0.05) is 12.6 Å². The van der Waals surface area contributed by atoms with E-state index >= 15 is 0 Å². The number of nitrogens with one attached hydrogen (secondary N) is 1. The van der Waals surface area contributed by atoms with Gasteiger partial charge < -0.3 is 10.4 Å². The van der Waals surface area contributed by atoms with Crippen LogP contribution in [0.5, 0.6) is 5.75 Å². The molecule has 2 rings (SSSR count). The standard InChI is InChI=1S/C17H27NO/c1-14(12-15-6-8-16(19)9-7-15)18-13-17(2)10-4-3-5-11-17/h6-9,14,18-19H,3-5,10-13H2,1-2H3. The molecule has 2 heteroatoms. The van der Waals surface area contributed by atoms with E-state index in [9.17, 15) is 5.11 Å². The number of aromatic hydroxyl groups is 1. The maximum Gasteiger partial charge on any atom is 0.115 e. The van der Waals surface area contributed by atoms with Crippen molar-refractivity contribution in [3.05, 3.63) is 29.8 Å². The summed E-state index contributed by atoms with van der Waals surface area (Å²) < 4.78 is 0. The second-order valence-electron chi connectivity index (χ2n) is 6.52. The van der Waals surface area contributed by atoms with Gasteiger partial charge >= 0.3 is 0 Å². The molecule has 2 N–H and O–H groups in total. The van der Waals surface area contributed by atoms with Gasteiger partial charge in [-0.2, -0.15) is 0 Å². The zero-order valence-corrected chi connectivity index (χ0v) is 12.3. The summed E-state index contributed by atoms with van der Waals surface area (Å²) in [7, 11) is 0. The molecule has 2 nitrogen and oxygen atoms in total. The lowest BCUT2D eigenvalue weighted by atomic mass is 9.75. The van der Waals surface area contributed by atoms with E-state index in [0.29, 0.717) is 17.2 Å². The Morgan fingerprint density at radius 2 is 1.79 bits per heavy atom. The summed E-state index contributed by atoms with van der Waals surface area (Å²) in [4.78, 5) is 0. The fourth-order valence-electron chi connectivity index (χ4n) is 3.06. The summed E-state index contributed by atoms with van der Waals surface area (Å²) in [5.74, 6) is 0.346. The first-order valence-corrected chi connectivity index (χ1v) is 7.59. The van der Waals surface area contributed by atoms with Gasteiger partial charge in [-0.1, -0.05) is 38.3 Å². The number of hydrogen-bond donors (Lipinski definition) is 2. The highest BCUT2D eigenvalue weighted by Gasteiger charge is 2.26. The minimum absolute atomic E-state index is 0.346. The Bertz CT molecular complexity index is 379. The second kappa shape index (κ2) is 6.42. The Balaban J connectivity index is 1.77. The Morgan fingerprint density at radius 3 is 2.42 bits per heavy atom. The maximum absolute atomic E-state index is 9.28. The predicted molar refractivity (Wildman–Crippen MR) is 80.5 cm³/mol. The molecule has 106 valence electrons. The highest BCUT2D eigenvalue weighted by atomic mass is 16.3. The molecule has 0 aliphatic heterocycles. The molecule has 0 bridgehead atoms. The van der Waals surface area contributed by atoms with E-state index in [1.165, 1.54) is 37.7 Å². The molecule has 1 aromatic carbocycles. The van der Waals surface area contributed by atoms with Crippen molar-refractivity contribution < 1.29 is 5.11 Å². The SMILES string of the molecule is CC(Cc1ccc(O)cc1)NCC1(C)CCCCC1. The van der Waals surface area contributed by atoms with Gasteiger partial charge in [0.1, 0.15) is 5.75 Å². The lowest BCUT2D eigenvalue weighted by molar-refractivity contribution is 0.201. The average Bonchev–Trinajstić information content (AvgIpc) is 2.40. The van der Waals surface area contributed by atoms with Gasteiger partial charge in [-0.05, 0) is 49.3 Å². The first kappa shape index (κ1) is 14.4. The van der Waals surface area contributed by atoms with Crippen molar-refractivity contribution in [3.63, 3.8) is 0 Å². The van der Waals surface area contributed by atoms with Crippen LogP contribution in [-0.4, -0.2) is 17.7 Å². The minimum atomic E-state index is 0.346. The quantitative estimate of drug-likeness (QED) is 0.843. The van der Waals surface area contributed by atoms with Crippen LogP contribution in [0, 0.1) is 5.41 Å². The van der Waals surface area contributed by atoms with Gasteiger partial charge in [0.05, 0.1) is 0 Å². The van der Waals surface area contributed by atoms with Crippen molar-refractivity contribution in [2.75, 3.05) is 6.54 Å². The molecule has 0 radical (unpaired) electrons. The molecular weight excluding hydrogens is 234 g/mol. The van der Waals surface area contributed by atoms with Crippen molar-refractivity contribution >= 4 is 0 Å². The highest BCUT2D eigenvalue weighted by molar-refractivity contribution is 5.26. The third kappa shape index (κ3) is 4.54. The van der Waals surface area contributed by atoms with E-state index in [-0.39, 0.29) is 0 Å². The third-order valence-corrected chi connectivity index (χ3v) is 4.42. The van der Waals surface area contributed by atoms with Gasteiger partial charge in [0.25, 0.3) is 0 Å². The molecule has 1 aliphatic carbocycles. The molecule has 1 unspecified atom stereocenters. The number of phenolic OH excluding ortho intramolecular Hbond substituents is 1. The van der Waals surface area contributed by atoms with E-state index in [1.54, 1.807) is 12.1 Å². The van der Waals surface area contributed by atoms with Crippen LogP contribution >= 0.6 is 0 Å². The minimum Gasteiger partial charge on any atom is -0.508 e. The van der Waals surface area contributed by atoms with Crippen LogP contribution in [0.1, 0.15) is 51.5 Å². The van der Waals surface area contributed by atoms with Crippen molar-refractivity contribution in [1.82, 2.24) is 5.32 Å². The van der Waals surface area contributed by atoms with Gasteiger partial charge in [0.15, 0.2) is 0 Å². The van der Waals surface area contributed by atoms with Crippen molar-refractivity contribution in [1.29, 1.82) is 0 Å². The number of rotatable bonds is 5. The molecular formula is C17H27NO. The normalized spacial score (nSPS) is 20.1. The van der Waals surface area contributed by atoms with E-state index in [4.69, 9.17) is 0 Å². The Hall–Kier alpha value is -1.02. The van der Waals surface area contributed by atoms with E-state index in [0.717, 1.165) is 13.0 Å². The summed E-state index contributed by atoms with van der Waals surface area (Å²) >= 11 is 0. The molecule has 1 saturated carbocycles. The largest absolute Gasteiger partial charge is 0.508 e. The third-order valence-electron chi connectivity index (χ3n) is 4.42. The molecule has 1 atom stereocenters. The zero-order chi connectivity index (χ0) is 13.7. The van der Waals surface area contributed by atoms with Gasteiger partial charge in [-0.15, -0.1) is 0 Å². The van der Waals surface area contributed by atoms with Gasteiger partial charge in [-0.25, -0.2) is 0 Å². The monoisotopic (exact) mass is 261 g/mol. The van der Waals surface area contributed by atoms with E-state index < -0.39 is 0 Å². The lowest BCUT2D eigenvalue weighted by Crippen LogP contribution is -2.39. The molecule has 0 saturated heterocycles. The molecule has 0 amide bonds. The maximum atomic E-state index is 9.28. The number of benzene rings is 1. The second-order valence-corrected chi connectivity index (χ2v) is 6.52. The van der Waals surface area contributed by atoms with Crippen molar-refractivity contribution in [3.8, 4) is 5.75 Å². The smallest absolute Gasteiger partial charge is 0.115 e. The summed E-state index contributed by atoms with van der Waals surface area (Å²) in [5, 5.41) is 13.0. The van der Waals surface area contributed by atoms with Crippen LogP contribution in [0.2, 0.25) is 0 Å². The van der Waals surface area contributed by atoms with Crippen LogP contribution in [-0.2, 0) is 6.42 Å². The van der Waals surface area contributed by atoms with Crippen LogP contribution in [0.3, 0.4) is 0 Å². The summed E-state index contributed by atoms with van der Waals surface area (Å²) in [6.45, 7) is 5.80. The molecule has 1 fully saturated rings. The summed E-state index contributed by atoms with van der Waals surface area (Å²) in [6, 6.07) is 8.05. The molecule has 0 spiro atoms. The van der Waals surface area contributed by atoms with Crippen LogP contribution < -0.4 is 5.32 Å². The van der Waals surface area contributed by atoms with Gasteiger partial charge in [0.2, 0.25) is 0 Å². The summed E-state index contributed by atoms with van der Waals surface area (Å²) in [6.07, 6.45) is 7.96. The first-order chi connectivity index (χ1) is 9.07. The van der Waals surface area contributed by atoms with Crippen molar-refractivity contribution in [2.24, 2.45) is 5.41 Å². The lowest BCUT2D eigenvalue weighted by Gasteiger charge is -2.35. The molecule has 0 heterocycles. The number of hydrogen-bond acceptors (Lipinski definition) is 2. The average molecular weight is 261 g/mol. The van der Waals surface area contributed by atoms with E-state index in [2.05, 4.69) is 19.2 Å². The fraction of sp³-hybridized carbons (Fsp3) is 0.647.